The Balaban J connectivity index is 1.53. The van der Waals surface area contributed by atoms with Crippen molar-refractivity contribution in [2.45, 2.75) is 30.4 Å². The van der Waals surface area contributed by atoms with Gasteiger partial charge in [0.25, 0.3) is 11.8 Å². The molecule has 3 amide bonds. The summed E-state index contributed by atoms with van der Waals surface area (Å²) in [5.74, 6) is -1.99. The van der Waals surface area contributed by atoms with Crippen LogP contribution in [-0.2, 0) is 9.59 Å². The van der Waals surface area contributed by atoms with Crippen LogP contribution in [0.3, 0.4) is 0 Å². The highest BCUT2D eigenvalue weighted by Crippen LogP contribution is 2.29. The molecular weight excluding hydrogens is 573 g/mol. The Bertz CT molecular complexity index is 1610. The lowest BCUT2D eigenvalue weighted by molar-refractivity contribution is -0.116. The summed E-state index contributed by atoms with van der Waals surface area (Å²) in [4.78, 5) is 40.0. The number of aryl methyl sites for hydroxylation is 1. The predicted molar refractivity (Wildman–Crippen MR) is 168 cm³/mol. The fourth-order valence-electron chi connectivity index (χ4n) is 4.01. The summed E-state index contributed by atoms with van der Waals surface area (Å²) in [5, 5.41) is 8.02. The van der Waals surface area contributed by atoms with E-state index in [2.05, 4.69) is 16.0 Å². The van der Waals surface area contributed by atoms with Crippen LogP contribution in [0.25, 0.3) is 6.08 Å². The molecular formula is C33H29ClFN3O3S. The van der Waals surface area contributed by atoms with Gasteiger partial charge in [0.2, 0.25) is 5.91 Å². The molecule has 0 aliphatic rings. The molecule has 42 heavy (non-hydrogen) atoms. The molecule has 1 atom stereocenters. The molecule has 0 aromatic heterocycles. The first-order chi connectivity index (χ1) is 20.2. The maximum Gasteiger partial charge on any atom is 0.272 e. The van der Waals surface area contributed by atoms with Crippen molar-refractivity contribution in [1.29, 1.82) is 0 Å². The zero-order valence-electron chi connectivity index (χ0n) is 23.0. The number of benzene rings is 4. The van der Waals surface area contributed by atoms with E-state index in [1.54, 1.807) is 48.5 Å². The lowest BCUT2D eigenvalue weighted by Crippen LogP contribution is -2.30. The summed E-state index contributed by atoms with van der Waals surface area (Å²) in [6.45, 7) is 3.89. The van der Waals surface area contributed by atoms with Gasteiger partial charge in [-0.15, -0.1) is 11.8 Å². The van der Waals surface area contributed by atoms with Gasteiger partial charge in [0, 0.05) is 27.4 Å². The predicted octanol–water partition coefficient (Wildman–Crippen LogP) is 7.71. The van der Waals surface area contributed by atoms with Gasteiger partial charge in [-0.2, -0.15) is 0 Å². The van der Waals surface area contributed by atoms with Crippen molar-refractivity contribution in [2.24, 2.45) is 0 Å². The summed E-state index contributed by atoms with van der Waals surface area (Å²) in [7, 11) is 0. The van der Waals surface area contributed by atoms with Crippen LogP contribution in [0.2, 0.25) is 5.02 Å². The molecule has 0 fully saturated rings. The first-order valence-electron chi connectivity index (χ1n) is 13.2. The van der Waals surface area contributed by atoms with Crippen LogP contribution < -0.4 is 16.0 Å². The molecule has 6 nitrogen and oxygen atoms in total. The molecule has 1 unspecified atom stereocenters. The minimum Gasteiger partial charge on any atom is -0.325 e. The average molecular weight is 602 g/mol. The molecule has 0 saturated heterocycles. The summed E-state index contributed by atoms with van der Waals surface area (Å²) in [5.41, 5.74) is 2.29. The summed E-state index contributed by atoms with van der Waals surface area (Å²) in [6.07, 6.45) is 1.79. The molecule has 4 aromatic rings. The van der Waals surface area contributed by atoms with E-state index in [1.807, 2.05) is 44.2 Å². The van der Waals surface area contributed by atoms with Gasteiger partial charge in [-0.25, -0.2) is 4.39 Å². The van der Waals surface area contributed by atoms with E-state index in [0.29, 0.717) is 17.7 Å². The zero-order valence-corrected chi connectivity index (χ0v) is 24.6. The van der Waals surface area contributed by atoms with Crippen LogP contribution in [0.15, 0.2) is 108 Å². The van der Waals surface area contributed by atoms with Gasteiger partial charge in [-0.3, -0.25) is 14.4 Å². The minimum absolute atomic E-state index is 0.0348. The van der Waals surface area contributed by atoms with Crippen molar-refractivity contribution >= 4 is 58.5 Å². The number of hydrogen-bond acceptors (Lipinski definition) is 4. The normalized spacial score (nSPS) is 11.9. The highest BCUT2D eigenvalue weighted by Gasteiger charge is 2.20. The minimum atomic E-state index is -0.676. The Labute approximate surface area is 253 Å². The van der Waals surface area contributed by atoms with Crippen LogP contribution in [0.1, 0.15) is 34.8 Å². The van der Waals surface area contributed by atoms with Gasteiger partial charge in [0.1, 0.15) is 11.5 Å². The number of hydrogen-bond donors (Lipinski definition) is 3. The van der Waals surface area contributed by atoms with Crippen LogP contribution in [0, 0.1) is 12.7 Å². The van der Waals surface area contributed by atoms with E-state index in [0.717, 1.165) is 16.1 Å². The lowest BCUT2D eigenvalue weighted by atomic mass is 10.1. The van der Waals surface area contributed by atoms with Crippen LogP contribution in [0.5, 0.6) is 0 Å². The molecule has 4 rings (SSSR count). The number of rotatable bonds is 10. The molecule has 3 N–H and O–H groups in total. The van der Waals surface area contributed by atoms with Gasteiger partial charge in [0.05, 0.1) is 10.3 Å². The molecule has 4 aromatic carbocycles. The van der Waals surface area contributed by atoms with E-state index in [-0.39, 0.29) is 27.4 Å². The van der Waals surface area contributed by atoms with Crippen LogP contribution >= 0.6 is 23.4 Å². The van der Waals surface area contributed by atoms with Gasteiger partial charge >= 0.3 is 0 Å². The van der Waals surface area contributed by atoms with E-state index in [9.17, 15) is 18.8 Å². The maximum atomic E-state index is 14.6. The molecule has 0 spiro atoms. The number of anilines is 2. The summed E-state index contributed by atoms with van der Waals surface area (Å²) >= 11 is 7.56. The summed E-state index contributed by atoms with van der Waals surface area (Å²) in [6, 6.07) is 27.1. The molecule has 214 valence electrons. The number of nitrogens with one attached hydrogen (secondary N) is 3. The second-order valence-electron chi connectivity index (χ2n) is 9.37. The first-order valence-corrected chi connectivity index (χ1v) is 14.5. The maximum absolute atomic E-state index is 14.6. The Morgan fingerprint density at radius 1 is 0.881 bits per heavy atom. The number of halogens is 2. The van der Waals surface area contributed by atoms with E-state index >= 15 is 0 Å². The topological polar surface area (TPSA) is 87.3 Å². The Kier molecular flexibility index (Phi) is 10.5. The molecule has 0 saturated carbocycles. The molecule has 0 bridgehead atoms. The fourth-order valence-corrected chi connectivity index (χ4v) is 5.24. The van der Waals surface area contributed by atoms with E-state index < -0.39 is 17.6 Å². The second-order valence-corrected chi connectivity index (χ2v) is 11.1. The summed E-state index contributed by atoms with van der Waals surface area (Å²) < 4.78 is 14.6. The Hall–Kier alpha value is -4.40. The highest BCUT2D eigenvalue weighted by molar-refractivity contribution is 8.00. The quantitative estimate of drug-likeness (QED) is 0.128. The average Bonchev–Trinajstić information content (AvgIpc) is 2.97. The smallest absolute Gasteiger partial charge is 0.272 e. The monoisotopic (exact) mass is 601 g/mol. The van der Waals surface area contributed by atoms with Crippen molar-refractivity contribution in [3.8, 4) is 0 Å². The highest BCUT2D eigenvalue weighted by atomic mass is 35.5. The molecule has 9 heteroatoms. The van der Waals surface area contributed by atoms with Gasteiger partial charge in [-0.1, -0.05) is 61.0 Å². The molecule has 0 aliphatic carbocycles. The first kappa shape index (κ1) is 30.6. The van der Waals surface area contributed by atoms with Gasteiger partial charge in [-0.05, 0) is 79.6 Å². The number of thioether (sulfide) groups is 1. The van der Waals surface area contributed by atoms with Crippen molar-refractivity contribution < 1.29 is 18.8 Å². The Morgan fingerprint density at radius 2 is 1.57 bits per heavy atom. The third-order valence-corrected chi connectivity index (χ3v) is 7.82. The standard InChI is InChI=1S/C33H29ClFN3O3S/c1-3-30(33(41)37-23-13-7-10-21(2)18-23)42-25-15-8-14-24(19-25)36-32(40)29(20-26-27(34)16-9-17-28(26)35)38-31(39)22-11-5-4-6-12-22/h4-20,30H,3H2,1-2H3,(H,36,40)(H,37,41)(H,38,39)/b29-20+. The van der Waals surface area contributed by atoms with Crippen molar-refractivity contribution in [3.05, 3.63) is 130 Å². The second kappa shape index (κ2) is 14.5. The van der Waals surface area contributed by atoms with Gasteiger partial charge < -0.3 is 16.0 Å². The molecule has 0 heterocycles. The van der Waals surface area contributed by atoms with Crippen LogP contribution in [-0.4, -0.2) is 23.0 Å². The third kappa shape index (κ3) is 8.31. The number of amides is 3. The number of carbonyl (C=O) groups is 3. The van der Waals surface area contributed by atoms with E-state index in [1.165, 1.54) is 36.0 Å². The Morgan fingerprint density at radius 3 is 2.26 bits per heavy atom. The molecule has 0 aliphatic heterocycles. The van der Waals surface area contributed by atoms with Crippen LogP contribution in [0.4, 0.5) is 15.8 Å². The van der Waals surface area contributed by atoms with Crippen molar-refractivity contribution in [1.82, 2.24) is 5.32 Å². The number of carbonyl (C=O) groups excluding carboxylic acids is 3. The fraction of sp³-hybridized carbons (Fsp3) is 0.121. The van der Waals surface area contributed by atoms with E-state index in [4.69, 9.17) is 11.6 Å². The lowest BCUT2D eigenvalue weighted by Gasteiger charge is -2.16. The van der Waals surface area contributed by atoms with Gasteiger partial charge in [0.15, 0.2) is 0 Å². The largest absolute Gasteiger partial charge is 0.325 e. The molecule has 0 radical (unpaired) electrons. The van der Waals surface area contributed by atoms with Crippen molar-refractivity contribution in [2.75, 3.05) is 10.6 Å². The third-order valence-electron chi connectivity index (χ3n) is 6.14. The van der Waals surface area contributed by atoms with Crippen molar-refractivity contribution in [3.63, 3.8) is 0 Å². The SMILES string of the molecule is CCC(Sc1cccc(NC(=O)/C(=C\c2c(F)cccc2Cl)NC(=O)c2ccccc2)c1)C(=O)Nc1cccc(C)c1. The zero-order chi connectivity index (χ0) is 30.1.